The van der Waals surface area contributed by atoms with Crippen LogP contribution in [-0.2, 0) is 4.79 Å². The van der Waals surface area contributed by atoms with E-state index in [2.05, 4.69) is 15.2 Å². The number of nitrogens with zero attached hydrogens (tertiary/aromatic N) is 2. The number of nitrogens with one attached hydrogen (secondary N) is 2. The van der Waals surface area contributed by atoms with E-state index >= 15 is 0 Å². The van der Waals surface area contributed by atoms with Gasteiger partial charge in [0.1, 0.15) is 5.82 Å². The number of fused-ring (bicyclic) bond motifs is 1. The third-order valence-electron chi connectivity index (χ3n) is 6.84. The highest BCUT2D eigenvalue weighted by Crippen LogP contribution is 2.37. The van der Waals surface area contributed by atoms with Gasteiger partial charge < -0.3 is 20.3 Å². The van der Waals surface area contributed by atoms with E-state index in [-0.39, 0.29) is 17.4 Å². The number of carbonyl (C=O) groups is 3. The van der Waals surface area contributed by atoms with Crippen LogP contribution in [0.5, 0.6) is 0 Å². The van der Waals surface area contributed by atoms with Gasteiger partial charge in [-0.3, -0.25) is 9.59 Å². The highest BCUT2D eigenvalue weighted by Gasteiger charge is 2.24. The molecule has 3 aromatic carbocycles. The van der Waals surface area contributed by atoms with Gasteiger partial charge in [0.25, 0.3) is 5.91 Å². The van der Waals surface area contributed by atoms with Crippen LogP contribution in [-0.4, -0.2) is 32.4 Å². The first-order valence-corrected chi connectivity index (χ1v) is 12.4. The number of hydrogen-bond donors (Lipinski definition) is 3. The molecule has 0 spiro atoms. The van der Waals surface area contributed by atoms with E-state index in [0.717, 1.165) is 48.2 Å². The van der Waals surface area contributed by atoms with E-state index < -0.39 is 5.97 Å². The Morgan fingerprint density at radius 3 is 2.30 bits per heavy atom. The van der Waals surface area contributed by atoms with Crippen molar-refractivity contribution in [3.8, 4) is 11.4 Å². The summed E-state index contributed by atoms with van der Waals surface area (Å²) >= 11 is 0. The van der Waals surface area contributed by atoms with Gasteiger partial charge in [0, 0.05) is 35.5 Å². The lowest BCUT2D eigenvalue weighted by Crippen LogP contribution is -2.13. The largest absolute Gasteiger partial charge is 0.478 e. The molecule has 1 aromatic heterocycles. The molecule has 1 aliphatic carbocycles. The van der Waals surface area contributed by atoms with Gasteiger partial charge in [-0.05, 0) is 67.8 Å². The molecule has 4 aromatic rings. The van der Waals surface area contributed by atoms with Crippen molar-refractivity contribution >= 4 is 40.2 Å². The number of benzene rings is 3. The van der Waals surface area contributed by atoms with Crippen molar-refractivity contribution < 1.29 is 19.5 Å². The summed E-state index contributed by atoms with van der Waals surface area (Å²) < 4.78 is 2.22. The lowest BCUT2D eigenvalue weighted by atomic mass is 10.1. The number of anilines is 2. The monoisotopic (exact) mass is 496 g/mol. The van der Waals surface area contributed by atoms with Crippen LogP contribution < -0.4 is 10.6 Å². The molecule has 37 heavy (non-hydrogen) atoms. The van der Waals surface area contributed by atoms with Crippen molar-refractivity contribution in [2.75, 3.05) is 10.6 Å². The highest BCUT2D eigenvalue weighted by atomic mass is 16.4. The molecule has 3 N–H and O–H groups in total. The lowest BCUT2D eigenvalue weighted by molar-refractivity contribution is -0.114. The summed E-state index contributed by atoms with van der Waals surface area (Å²) in [5.41, 5.74) is 5.25. The Hall–Kier alpha value is -4.46. The highest BCUT2D eigenvalue weighted by molar-refractivity contribution is 6.05. The maximum absolute atomic E-state index is 13.0. The third kappa shape index (κ3) is 4.95. The molecular formula is C29H28N4O4. The maximum atomic E-state index is 13.0. The van der Waals surface area contributed by atoms with E-state index in [1.807, 2.05) is 31.2 Å². The second-order valence-corrected chi connectivity index (χ2v) is 9.49. The first-order valence-electron chi connectivity index (χ1n) is 12.4. The molecule has 0 radical (unpaired) electrons. The van der Waals surface area contributed by atoms with Gasteiger partial charge in [-0.15, -0.1) is 0 Å². The maximum Gasteiger partial charge on any atom is 0.335 e. The Labute approximate surface area is 214 Å². The second kappa shape index (κ2) is 9.89. The molecule has 8 heteroatoms. The Morgan fingerprint density at radius 2 is 1.62 bits per heavy atom. The number of imidazole rings is 1. The fourth-order valence-corrected chi connectivity index (χ4v) is 4.97. The molecular weight excluding hydrogens is 468 g/mol. The zero-order valence-electron chi connectivity index (χ0n) is 20.7. The number of carboxylic acids is 1. The summed E-state index contributed by atoms with van der Waals surface area (Å²) in [4.78, 5) is 40.7. The fourth-order valence-electron chi connectivity index (χ4n) is 4.97. The molecule has 0 aliphatic heterocycles. The fraction of sp³-hybridized carbons (Fsp3) is 0.241. The van der Waals surface area contributed by atoms with Crippen LogP contribution in [0, 0.1) is 6.92 Å². The SMILES string of the molecule is CC(=O)Nc1ccc(C)c(NC(=O)c2ccc(-c3nc4cc(C(=O)O)ccc4n3C3CCCC3)cc2)c1. The van der Waals surface area contributed by atoms with Crippen LogP contribution in [0.3, 0.4) is 0 Å². The average molecular weight is 497 g/mol. The van der Waals surface area contributed by atoms with Gasteiger partial charge in [0.05, 0.1) is 16.6 Å². The van der Waals surface area contributed by atoms with Crippen LogP contribution >= 0.6 is 0 Å². The molecule has 8 nitrogen and oxygen atoms in total. The number of amides is 2. The number of carboxylic acid groups (broad SMARTS) is 1. The second-order valence-electron chi connectivity index (χ2n) is 9.49. The minimum Gasteiger partial charge on any atom is -0.478 e. The van der Waals surface area contributed by atoms with E-state index in [1.165, 1.54) is 6.92 Å². The molecule has 1 fully saturated rings. The average Bonchev–Trinajstić information content (AvgIpc) is 3.53. The Morgan fingerprint density at radius 1 is 0.919 bits per heavy atom. The molecule has 0 atom stereocenters. The molecule has 0 saturated heterocycles. The third-order valence-corrected chi connectivity index (χ3v) is 6.84. The summed E-state index contributed by atoms with van der Waals surface area (Å²) in [6.07, 6.45) is 4.41. The molecule has 0 unspecified atom stereocenters. The zero-order valence-corrected chi connectivity index (χ0v) is 20.7. The van der Waals surface area contributed by atoms with Crippen molar-refractivity contribution in [3.05, 3.63) is 77.4 Å². The summed E-state index contributed by atoms with van der Waals surface area (Å²) in [6, 6.07) is 18.0. The van der Waals surface area contributed by atoms with E-state index in [9.17, 15) is 19.5 Å². The van der Waals surface area contributed by atoms with Gasteiger partial charge in [-0.1, -0.05) is 31.0 Å². The minimum absolute atomic E-state index is 0.181. The van der Waals surface area contributed by atoms with Crippen LogP contribution in [0.2, 0.25) is 0 Å². The smallest absolute Gasteiger partial charge is 0.335 e. The van der Waals surface area contributed by atoms with Gasteiger partial charge in [-0.25, -0.2) is 9.78 Å². The molecule has 1 saturated carbocycles. The predicted octanol–water partition coefficient (Wildman–Crippen LogP) is 6.04. The Bertz CT molecular complexity index is 1520. The van der Waals surface area contributed by atoms with E-state index in [4.69, 9.17) is 4.98 Å². The van der Waals surface area contributed by atoms with Gasteiger partial charge in [0.2, 0.25) is 5.91 Å². The number of aromatic nitrogens is 2. The van der Waals surface area contributed by atoms with Crippen LogP contribution in [0.25, 0.3) is 22.4 Å². The van der Waals surface area contributed by atoms with E-state index in [0.29, 0.717) is 28.5 Å². The van der Waals surface area contributed by atoms with Gasteiger partial charge in [0.15, 0.2) is 0 Å². The number of carbonyl (C=O) groups excluding carboxylic acids is 2. The Kier molecular flexibility index (Phi) is 6.48. The number of aryl methyl sites for hydroxylation is 1. The summed E-state index contributed by atoms with van der Waals surface area (Å²) in [6.45, 7) is 3.32. The normalized spacial score (nSPS) is 13.6. The van der Waals surface area contributed by atoms with Gasteiger partial charge in [-0.2, -0.15) is 0 Å². The van der Waals surface area contributed by atoms with Crippen LogP contribution in [0.1, 0.15) is 64.9 Å². The summed E-state index contributed by atoms with van der Waals surface area (Å²) in [5, 5.41) is 15.1. The van der Waals surface area contributed by atoms with Crippen molar-refractivity contribution in [1.82, 2.24) is 9.55 Å². The summed E-state index contributed by atoms with van der Waals surface area (Å²) in [5.74, 6) is -0.646. The first-order chi connectivity index (χ1) is 17.8. The van der Waals surface area contributed by atoms with Crippen LogP contribution in [0.4, 0.5) is 11.4 Å². The summed E-state index contributed by atoms with van der Waals surface area (Å²) in [7, 11) is 0. The quantitative estimate of drug-likeness (QED) is 0.301. The number of rotatable bonds is 6. The Balaban J connectivity index is 1.45. The number of hydrogen-bond acceptors (Lipinski definition) is 4. The van der Waals surface area contributed by atoms with Crippen molar-refractivity contribution in [3.63, 3.8) is 0 Å². The zero-order chi connectivity index (χ0) is 26.1. The minimum atomic E-state index is -0.980. The molecule has 5 rings (SSSR count). The molecule has 2 amide bonds. The standard InChI is InChI=1S/C29H28N4O4/c1-17-7-13-22(30-18(2)34)16-24(17)32-28(35)20-10-8-19(9-11-20)27-31-25-15-21(29(36)37)12-14-26(25)33(27)23-5-3-4-6-23/h7-16,23H,3-6H2,1-2H3,(H,30,34)(H,32,35)(H,36,37). The van der Waals surface area contributed by atoms with Crippen molar-refractivity contribution in [2.45, 2.75) is 45.6 Å². The molecule has 1 heterocycles. The number of aromatic carboxylic acids is 1. The van der Waals surface area contributed by atoms with Crippen LogP contribution in [0.15, 0.2) is 60.7 Å². The first kappa shape index (κ1) is 24.2. The topological polar surface area (TPSA) is 113 Å². The van der Waals surface area contributed by atoms with E-state index in [1.54, 1.807) is 36.4 Å². The van der Waals surface area contributed by atoms with Crippen molar-refractivity contribution in [1.29, 1.82) is 0 Å². The lowest BCUT2D eigenvalue weighted by Gasteiger charge is -2.17. The molecule has 188 valence electrons. The molecule has 1 aliphatic rings. The molecule has 0 bridgehead atoms. The predicted molar refractivity (Wildman–Crippen MR) is 143 cm³/mol. The van der Waals surface area contributed by atoms with Gasteiger partial charge >= 0.3 is 5.97 Å². The van der Waals surface area contributed by atoms with Crippen molar-refractivity contribution in [2.24, 2.45) is 0 Å².